The van der Waals surface area contributed by atoms with E-state index in [0.29, 0.717) is 6.54 Å². The summed E-state index contributed by atoms with van der Waals surface area (Å²) < 4.78 is 5.88. The normalized spacial score (nSPS) is 10.4. The Morgan fingerprint density at radius 2 is 1.76 bits per heavy atom. The van der Waals surface area contributed by atoms with E-state index in [4.69, 9.17) is 16.3 Å². The van der Waals surface area contributed by atoms with Crippen molar-refractivity contribution < 1.29 is 4.74 Å². The Morgan fingerprint density at radius 1 is 1.00 bits per heavy atom. The van der Waals surface area contributed by atoms with Crippen LogP contribution in [0.5, 0.6) is 5.75 Å². The molecule has 0 atom stereocenters. The van der Waals surface area contributed by atoms with E-state index in [-0.39, 0.29) is 0 Å². The molecule has 0 aliphatic rings. The SMILES string of the molecule is CCCCCOc1ccccc1CNc1ccccc1Cl. The maximum Gasteiger partial charge on any atom is 0.124 e. The van der Waals surface area contributed by atoms with Crippen LogP contribution in [0.2, 0.25) is 5.02 Å². The van der Waals surface area contributed by atoms with E-state index in [9.17, 15) is 0 Å². The lowest BCUT2D eigenvalue weighted by Gasteiger charge is -2.13. The van der Waals surface area contributed by atoms with Crippen molar-refractivity contribution in [3.05, 3.63) is 59.1 Å². The van der Waals surface area contributed by atoms with Crippen molar-refractivity contribution in [1.82, 2.24) is 0 Å². The quantitative estimate of drug-likeness (QED) is 0.648. The largest absolute Gasteiger partial charge is 0.493 e. The zero-order valence-corrected chi connectivity index (χ0v) is 13.2. The third-order valence-corrected chi connectivity index (χ3v) is 3.65. The molecule has 1 N–H and O–H groups in total. The summed E-state index contributed by atoms with van der Waals surface area (Å²) in [5.41, 5.74) is 2.09. The minimum absolute atomic E-state index is 0.702. The van der Waals surface area contributed by atoms with Crippen LogP contribution in [0.25, 0.3) is 0 Å². The lowest BCUT2D eigenvalue weighted by molar-refractivity contribution is 0.303. The smallest absolute Gasteiger partial charge is 0.124 e. The molecule has 2 nitrogen and oxygen atoms in total. The van der Waals surface area contributed by atoms with E-state index in [1.165, 1.54) is 12.8 Å². The number of ether oxygens (including phenoxy) is 1. The first-order valence-corrected chi connectivity index (χ1v) is 7.88. The topological polar surface area (TPSA) is 21.3 Å². The highest BCUT2D eigenvalue weighted by Crippen LogP contribution is 2.24. The Kier molecular flexibility index (Phi) is 6.42. The number of anilines is 1. The van der Waals surface area contributed by atoms with Gasteiger partial charge in [0, 0.05) is 12.1 Å². The van der Waals surface area contributed by atoms with Crippen LogP contribution >= 0.6 is 11.6 Å². The number of benzene rings is 2. The number of hydrogen-bond acceptors (Lipinski definition) is 2. The lowest BCUT2D eigenvalue weighted by Crippen LogP contribution is -2.04. The van der Waals surface area contributed by atoms with Gasteiger partial charge in [0.25, 0.3) is 0 Å². The van der Waals surface area contributed by atoms with Gasteiger partial charge in [-0.25, -0.2) is 0 Å². The highest BCUT2D eigenvalue weighted by Gasteiger charge is 2.04. The van der Waals surface area contributed by atoms with E-state index in [1.807, 2.05) is 42.5 Å². The summed E-state index contributed by atoms with van der Waals surface area (Å²) in [7, 11) is 0. The Morgan fingerprint density at radius 3 is 2.57 bits per heavy atom. The van der Waals surface area contributed by atoms with Gasteiger partial charge in [0.05, 0.1) is 17.3 Å². The van der Waals surface area contributed by atoms with Crippen LogP contribution < -0.4 is 10.1 Å². The standard InChI is InChI=1S/C18H22ClNO/c1-2-3-8-13-21-18-12-7-4-9-15(18)14-20-17-11-6-5-10-16(17)19/h4-7,9-12,20H,2-3,8,13-14H2,1H3. The van der Waals surface area contributed by atoms with Crippen molar-refractivity contribution in [2.24, 2.45) is 0 Å². The minimum atomic E-state index is 0.702. The van der Waals surface area contributed by atoms with Gasteiger partial charge in [0.1, 0.15) is 5.75 Å². The molecule has 0 saturated carbocycles. The zero-order chi connectivity index (χ0) is 14.9. The van der Waals surface area contributed by atoms with Crippen molar-refractivity contribution in [2.75, 3.05) is 11.9 Å². The molecule has 2 aromatic carbocycles. The molecular weight excluding hydrogens is 282 g/mol. The number of para-hydroxylation sites is 2. The molecule has 0 saturated heterocycles. The highest BCUT2D eigenvalue weighted by molar-refractivity contribution is 6.33. The van der Waals surface area contributed by atoms with Crippen LogP contribution in [-0.4, -0.2) is 6.61 Å². The van der Waals surface area contributed by atoms with Crippen molar-refractivity contribution in [1.29, 1.82) is 0 Å². The van der Waals surface area contributed by atoms with Crippen LogP contribution in [0.3, 0.4) is 0 Å². The van der Waals surface area contributed by atoms with Crippen molar-refractivity contribution in [3.8, 4) is 5.75 Å². The van der Waals surface area contributed by atoms with E-state index in [2.05, 4.69) is 18.3 Å². The fourth-order valence-electron chi connectivity index (χ4n) is 2.12. The predicted molar refractivity (Wildman–Crippen MR) is 90.2 cm³/mol. The average Bonchev–Trinajstić information content (AvgIpc) is 2.52. The molecule has 0 unspecified atom stereocenters. The van der Waals surface area contributed by atoms with E-state index in [0.717, 1.165) is 35.1 Å². The summed E-state index contributed by atoms with van der Waals surface area (Å²) in [5.74, 6) is 0.952. The minimum Gasteiger partial charge on any atom is -0.493 e. The second kappa shape index (κ2) is 8.58. The van der Waals surface area contributed by atoms with Crippen molar-refractivity contribution in [3.63, 3.8) is 0 Å². The average molecular weight is 304 g/mol. The van der Waals surface area contributed by atoms with E-state index in [1.54, 1.807) is 0 Å². The van der Waals surface area contributed by atoms with Gasteiger partial charge in [-0.3, -0.25) is 0 Å². The van der Waals surface area contributed by atoms with Gasteiger partial charge < -0.3 is 10.1 Å². The third-order valence-electron chi connectivity index (χ3n) is 3.32. The molecule has 0 fully saturated rings. The van der Waals surface area contributed by atoms with Crippen LogP contribution in [0.15, 0.2) is 48.5 Å². The predicted octanol–water partition coefficient (Wildman–Crippen LogP) is 5.52. The van der Waals surface area contributed by atoms with Gasteiger partial charge in [-0.05, 0) is 24.6 Å². The fourth-order valence-corrected chi connectivity index (χ4v) is 2.32. The van der Waals surface area contributed by atoms with Crippen molar-refractivity contribution >= 4 is 17.3 Å². The Hall–Kier alpha value is -1.67. The van der Waals surface area contributed by atoms with Gasteiger partial charge in [-0.2, -0.15) is 0 Å². The molecule has 0 amide bonds. The summed E-state index contributed by atoms with van der Waals surface area (Å²) in [4.78, 5) is 0. The first-order chi connectivity index (χ1) is 10.3. The Labute approximate surface area is 132 Å². The second-order valence-corrected chi connectivity index (χ2v) is 5.40. The van der Waals surface area contributed by atoms with E-state index >= 15 is 0 Å². The molecule has 112 valence electrons. The second-order valence-electron chi connectivity index (χ2n) is 5.00. The molecule has 2 aromatic rings. The van der Waals surface area contributed by atoms with Crippen LogP contribution in [0.4, 0.5) is 5.69 Å². The molecule has 0 radical (unpaired) electrons. The molecule has 0 aromatic heterocycles. The fraction of sp³-hybridized carbons (Fsp3) is 0.333. The van der Waals surface area contributed by atoms with Gasteiger partial charge in [-0.15, -0.1) is 0 Å². The number of unbranched alkanes of at least 4 members (excludes halogenated alkanes) is 2. The number of rotatable bonds is 8. The molecule has 0 bridgehead atoms. The summed E-state index contributed by atoms with van der Waals surface area (Å²) in [6.45, 7) is 3.67. The van der Waals surface area contributed by atoms with Crippen molar-refractivity contribution in [2.45, 2.75) is 32.7 Å². The van der Waals surface area contributed by atoms with Gasteiger partial charge in [0.15, 0.2) is 0 Å². The molecule has 2 rings (SSSR count). The monoisotopic (exact) mass is 303 g/mol. The molecule has 3 heteroatoms. The zero-order valence-electron chi connectivity index (χ0n) is 12.4. The first kappa shape index (κ1) is 15.7. The van der Waals surface area contributed by atoms with Gasteiger partial charge in [0.2, 0.25) is 0 Å². The van der Waals surface area contributed by atoms with Crippen LogP contribution in [0.1, 0.15) is 31.7 Å². The Bertz CT molecular complexity index is 556. The van der Waals surface area contributed by atoms with E-state index < -0.39 is 0 Å². The molecular formula is C18H22ClNO. The molecule has 0 spiro atoms. The molecule has 0 aliphatic heterocycles. The molecule has 0 heterocycles. The summed E-state index contributed by atoms with van der Waals surface area (Å²) in [6.07, 6.45) is 3.52. The maximum absolute atomic E-state index is 6.15. The van der Waals surface area contributed by atoms with Crippen LogP contribution in [0, 0.1) is 0 Å². The summed E-state index contributed by atoms with van der Waals surface area (Å²) in [5, 5.41) is 4.09. The Balaban J connectivity index is 1.95. The maximum atomic E-state index is 6.15. The third kappa shape index (κ3) is 4.98. The van der Waals surface area contributed by atoms with Crippen LogP contribution in [-0.2, 0) is 6.54 Å². The summed E-state index contributed by atoms with van der Waals surface area (Å²) >= 11 is 6.15. The number of halogens is 1. The molecule has 21 heavy (non-hydrogen) atoms. The molecule has 0 aliphatic carbocycles. The lowest BCUT2D eigenvalue weighted by atomic mass is 10.2. The first-order valence-electron chi connectivity index (χ1n) is 7.50. The number of hydrogen-bond donors (Lipinski definition) is 1. The van der Waals surface area contributed by atoms with Gasteiger partial charge in [-0.1, -0.05) is 61.7 Å². The highest BCUT2D eigenvalue weighted by atomic mass is 35.5. The van der Waals surface area contributed by atoms with Gasteiger partial charge >= 0.3 is 0 Å². The summed E-state index contributed by atoms with van der Waals surface area (Å²) in [6, 6.07) is 15.9. The number of nitrogens with one attached hydrogen (secondary N) is 1.